The summed E-state index contributed by atoms with van der Waals surface area (Å²) in [5.74, 6) is -0.478. The molecule has 0 aromatic heterocycles. The summed E-state index contributed by atoms with van der Waals surface area (Å²) in [6, 6.07) is 3.62. The van der Waals surface area contributed by atoms with Crippen LogP contribution in [0.5, 0.6) is 0 Å². The van der Waals surface area contributed by atoms with Gasteiger partial charge in [0.15, 0.2) is 0 Å². The van der Waals surface area contributed by atoms with Crippen LogP contribution in [-0.4, -0.2) is 6.67 Å². The SMILES string of the molecule is Cl.N[C@H](CCF)c1c(F)cccc1Cl. The van der Waals surface area contributed by atoms with Gasteiger partial charge in [-0.25, -0.2) is 4.39 Å². The lowest BCUT2D eigenvalue weighted by atomic mass is 10.0. The van der Waals surface area contributed by atoms with Crippen LogP contribution in [0, 0.1) is 5.82 Å². The van der Waals surface area contributed by atoms with Crippen molar-refractivity contribution in [2.75, 3.05) is 6.67 Å². The van der Waals surface area contributed by atoms with Gasteiger partial charge in [0.1, 0.15) is 5.82 Å². The van der Waals surface area contributed by atoms with E-state index in [1.807, 2.05) is 0 Å². The van der Waals surface area contributed by atoms with Crippen LogP contribution in [0.2, 0.25) is 5.02 Å². The summed E-state index contributed by atoms with van der Waals surface area (Å²) in [4.78, 5) is 0. The van der Waals surface area contributed by atoms with Crippen LogP contribution < -0.4 is 5.73 Å². The highest BCUT2D eigenvalue weighted by molar-refractivity contribution is 6.31. The fraction of sp³-hybridized carbons (Fsp3) is 0.333. The fourth-order valence-corrected chi connectivity index (χ4v) is 1.43. The molecule has 0 fully saturated rings. The Morgan fingerprint density at radius 3 is 2.57 bits per heavy atom. The Morgan fingerprint density at radius 1 is 1.43 bits per heavy atom. The van der Waals surface area contributed by atoms with Crippen molar-refractivity contribution in [2.24, 2.45) is 5.73 Å². The molecule has 0 saturated heterocycles. The van der Waals surface area contributed by atoms with Crippen LogP contribution in [0.25, 0.3) is 0 Å². The second kappa shape index (κ2) is 6.17. The summed E-state index contributed by atoms with van der Waals surface area (Å²) >= 11 is 5.72. The van der Waals surface area contributed by atoms with Crippen molar-refractivity contribution < 1.29 is 8.78 Å². The molecule has 0 heterocycles. The first-order chi connectivity index (χ1) is 6.16. The highest BCUT2D eigenvalue weighted by Gasteiger charge is 2.14. The molecule has 0 aliphatic heterocycles. The molecular weight excluding hydrogens is 231 g/mol. The molecule has 0 aliphatic rings. The Morgan fingerprint density at radius 2 is 2.07 bits per heavy atom. The van der Waals surface area contributed by atoms with Gasteiger partial charge in [-0.2, -0.15) is 0 Å². The van der Waals surface area contributed by atoms with E-state index in [0.717, 1.165) is 0 Å². The van der Waals surface area contributed by atoms with Crippen molar-refractivity contribution in [3.8, 4) is 0 Å². The standard InChI is InChI=1S/C9H10ClF2N.ClH/c10-6-2-1-3-7(12)9(6)8(13)4-5-11;/h1-3,8H,4-5,13H2;1H/t8-;/m1./s1. The first kappa shape index (κ1) is 13.6. The third-order valence-electron chi connectivity index (χ3n) is 1.79. The lowest BCUT2D eigenvalue weighted by molar-refractivity contribution is 0.435. The quantitative estimate of drug-likeness (QED) is 0.864. The minimum atomic E-state index is -0.668. The van der Waals surface area contributed by atoms with Crippen molar-refractivity contribution in [2.45, 2.75) is 12.5 Å². The van der Waals surface area contributed by atoms with Crippen LogP contribution in [-0.2, 0) is 0 Å². The van der Waals surface area contributed by atoms with E-state index in [0.29, 0.717) is 0 Å². The van der Waals surface area contributed by atoms with Crippen molar-refractivity contribution in [1.29, 1.82) is 0 Å². The largest absolute Gasteiger partial charge is 0.324 e. The van der Waals surface area contributed by atoms with Crippen molar-refractivity contribution in [3.63, 3.8) is 0 Å². The molecule has 0 radical (unpaired) electrons. The molecule has 1 aromatic carbocycles. The van der Waals surface area contributed by atoms with Crippen LogP contribution in [0.15, 0.2) is 18.2 Å². The van der Waals surface area contributed by atoms with Gasteiger partial charge < -0.3 is 5.73 Å². The molecule has 0 saturated carbocycles. The Labute approximate surface area is 92.7 Å². The van der Waals surface area contributed by atoms with E-state index in [-0.39, 0.29) is 29.4 Å². The fourth-order valence-electron chi connectivity index (χ4n) is 1.13. The van der Waals surface area contributed by atoms with E-state index < -0.39 is 18.5 Å². The Bertz CT molecular complexity index is 274. The third-order valence-corrected chi connectivity index (χ3v) is 2.12. The maximum absolute atomic E-state index is 13.1. The van der Waals surface area contributed by atoms with Gasteiger partial charge in [-0.3, -0.25) is 4.39 Å². The molecule has 5 heteroatoms. The second-order valence-corrected chi connectivity index (χ2v) is 3.13. The predicted octanol–water partition coefficient (Wildman–Crippen LogP) is 3.26. The molecule has 0 unspecified atom stereocenters. The number of rotatable bonds is 3. The summed E-state index contributed by atoms with van der Waals surface area (Å²) in [5, 5.41) is 0.251. The highest BCUT2D eigenvalue weighted by atomic mass is 35.5. The number of hydrogen-bond acceptors (Lipinski definition) is 1. The van der Waals surface area contributed by atoms with Gasteiger partial charge in [0.2, 0.25) is 0 Å². The van der Waals surface area contributed by atoms with Gasteiger partial charge in [-0.05, 0) is 18.6 Å². The van der Waals surface area contributed by atoms with Crippen LogP contribution in [0.1, 0.15) is 18.0 Å². The molecule has 1 atom stereocenters. The highest BCUT2D eigenvalue weighted by Crippen LogP contribution is 2.26. The van der Waals surface area contributed by atoms with Crippen LogP contribution in [0.3, 0.4) is 0 Å². The molecule has 1 aromatic rings. The topological polar surface area (TPSA) is 26.0 Å². The summed E-state index contributed by atoms with van der Waals surface area (Å²) in [6.45, 7) is -0.578. The number of benzene rings is 1. The zero-order valence-electron chi connectivity index (χ0n) is 7.34. The van der Waals surface area contributed by atoms with Gasteiger partial charge in [0.25, 0.3) is 0 Å². The van der Waals surface area contributed by atoms with E-state index in [9.17, 15) is 8.78 Å². The smallest absolute Gasteiger partial charge is 0.129 e. The van der Waals surface area contributed by atoms with Crippen LogP contribution >= 0.6 is 24.0 Å². The normalized spacial score (nSPS) is 12.0. The molecule has 0 spiro atoms. The van der Waals surface area contributed by atoms with E-state index in [4.69, 9.17) is 17.3 Å². The first-order valence-corrected chi connectivity index (χ1v) is 4.30. The molecule has 80 valence electrons. The molecule has 0 amide bonds. The zero-order chi connectivity index (χ0) is 9.84. The first-order valence-electron chi connectivity index (χ1n) is 3.92. The van der Waals surface area contributed by atoms with Gasteiger partial charge in [0, 0.05) is 16.6 Å². The predicted molar refractivity (Wildman–Crippen MR) is 56.2 cm³/mol. The van der Waals surface area contributed by atoms with Gasteiger partial charge in [0.05, 0.1) is 6.67 Å². The molecule has 1 rings (SSSR count). The summed E-state index contributed by atoms with van der Waals surface area (Å²) in [7, 11) is 0. The maximum atomic E-state index is 13.1. The summed E-state index contributed by atoms with van der Waals surface area (Å²) in [5.41, 5.74) is 5.74. The third kappa shape index (κ3) is 3.08. The number of hydrogen-bond donors (Lipinski definition) is 1. The van der Waals surface area contributed by atoms with E-state index >= 15 is 0 Å². The molecule has 0 aliphatic carbocycles. The van der Waals surface area contributed by atoms with Gasteiger partial charge in [-0.1, -0.05) is 17.7 Å². The number of halogens is 4. The van der Waals surface area contributed by atoms with Crippen molar-refractivity contribution in [1.82, 2.24) is 0 Å². The Balaban J connectivity index is 0.00000169. The average Bonchev–Trinajstić information content (AvgIpc) is 2.04. The summed E-state index contributed by atoms with van der Waals surface area (Å²) < 4.78 is 25.1. The maximum Gasteiger partial charge on any atom is 0.129 e. The number of nitrogens with two attached hydrogens (primary N) is 1. The number of alkyl halides is 1. The van der Waals surface area contributed by atoms with Crippen molar-refractivity contribution in [3.05, 3.63) is 34.6 Å². The molecule has 0 bridgehead atoms. The zero-order valence-corrected chi connectivity index (χ0v) is 8.92. The monoisotopic (exact) mass is 241 g/mol. The van der Waals surface area contributed by atoms with E-state index in [1.165, 1.54) is 18.2 Å². The summed E-state index contributed by atoms with van der Waals surface area (Å²) in [6.07, 6.45) is 0.0840. The Kier molecular flexibility index (Phi) is 6.00. The average molecular weight is 242 g/mol. The lowest BCUT2D eigenvalue weighted by Crippen LogP contribution is -2.13. The minimum Gasteiger partial charge on any atom is -0.324 e. The van der Waals surface area contributed by atoms with E-state index in [2.05, 4.69) is 0 Å². The van der Waals surface area contributed by atoms with Gasteiger partial charge in [-0.15, -0.1) is 12.4 Å². The van der Waals surface area contributed by atoms with Crippen molar-refractivity contribution >= 4 is 24.0 Å². The molecular formula is C9H11Cl2F2N. The lowest BCUT2D eigenvalue weighted by Gasteiger charge is -2.12. The van der Waals surface area contributed by atoms with E-state index in [1.54, 1.807) is 0 Å². The molecule has 2 N–H and O–H groups in total. The Hall–Kier alpha value is -0.380. The van der Waals surface area contributed by atoms with Crippen LogP contribution in [0.4, 0.5) is 8.78 Å². The minimum absolute atomic E-state index is 0. The second-order valence-electron chi connectivity index (χ2n) is 2.72. The molecule has 1 nitrogen and oxygen atoms in total. The molecule has 14 heavy (non-hydrogen) atoms. The van der Waals surface area contributed by atoms with Gasteiger partial charge >= 0.3 is 0 Å².